The number of nitrogens with two attached hydrogens (primary N) is 1. The molecule has 2 unspecified atom stereocenters. The van der Waals surface area contributed by atoms with Crippen molar-refractivity contribution in [2.75, 3.05) is 6.54 Å². The molecular formula is C14H16N2O2S. The molecule has 2 aromatic rings. The third-order valence-corrected chi connectivity index (χ3v) is 4.95. The fourth-order valence-electron chi connectivity index (χ4n) is 2.50. The predicted octanol–water partition coefficient (Wildman–Crippen LogP) is 3.16. The zero-order valence-corrected chi connectivity index (χ0v) is 11.3. The van der Waals surface area contributed by atoms with Gasteiger partial charge in [0.25, 0.3) is 0 Å². The largest absolute Gasteiger partial charge is 0.350 e. The lowest BCUT2D eigenvalue weighted by Crippen LogP contribution is -2.33. The lowest BCUT2D eigenvalue weighted by Gasteiger charge is -2.10. The van der Waals surface area contributed by atoms with Crippen LogP contribution in [-0.2, 0) is 0 Å². The van der Waals surface area contributed by atoms with E-state index in [0.717, 1.165) is 12.8 Å². The van der Waals surface area contributed by atoms with E-state index in [9.17, 15) is 10.0 Å². The Morgan fingerprint density at radius 1 is 1.47 bits per heavy atom. The van der Waals surface area contributed by atoms with E-state index in [-0.39, 0.29) is 0 Å². The van der Waals surface area contributed by atoms with Gasteiger partial charge in [0.1, 0.15) is 0 Å². The first-order valence-electron chi connectivity index (χ1n) is 6.39. The van der Waals surface area contributed by atoms with Crippen LogP contribution in [0.15, 0.2) is 30.3 Å². The number of hydrogen-bond donors (Lipinski definition) is 2. The lowest BCUT2D eigenvalue weighted by molar-refractivity contribution is -0.0410. The highest BCUT2D eigenvalue weighted by Gasteiger charge is 2.39. The Morgan fingerprint density at radius 2 is 2.26 bits per heavy atom. The van der Waals surface area contributed by atoms with Gasteiger partial charge >= 0.3 is 6.03 Å². The van der Waals surface area contributed by atoms with Gasteiger partial charge in [-0.1, -0.05) is 18.2 Å². The minimum atomic E-state index is -0.779. The smallest absolute Gasteiger partial charge is 0.338 e. The topological polar surface area (TPSA) is 66.6 Å². The number of amides is 2. The summed E-state index contributed by atoms with van der Waals surface area (Å²) in [5.41, 5.74) is 4.98. The van der Waals surface area contributed by atoms with Gasteiger partial charge in [0.15, 0.2) is 0 Å². The Balaban J connectivity index is 1.61. The summed E-state index contributed by atoms with van der Waals surface area (Å²) < 4.78 is 1.32. The monoisotopic (exact) mass is 276 g/mol. The molecule has 0 aliphatic heterocycles. The molecule has 1 saturated carbocycles. The molecule has 0 saturated heterocycles. The van der Waals surface area contributed by atoms with E-state index in [0.29, 0.717) is 23.4 Å². The number of urea groups is 1. The number of hydroxylamine groups is 2. The van der Waals surface area contributed by atoms with E-state index < -0.39 is 6.03 Å². The van der Waals surface area contributed by atoms with Gasteiger partial charge in [0.05, 0.1) is 6.54 Å². The Kier molecular flexibility index (Phi) is 3.16. The maximum atomic E-state index is 10.7. The molecule has 1 fully saturated rings. The Morgan fingerprint density at radius 3 is 3.00 bits per heavy atom. The van der Waals surface area contributed by atoms with Crippen LogP contribution < -0.4 is 5.73 Å². The van der Waals surface area contributed by atoms with Crippen LogP contribution in [0.1, 0.15) is 23.6 Å². The minimum absolute atomic E-state index is 0.321. The van der Waals surface area contributed by atoms with E-state index >= 15 is 0 Å². The normalized spacial score (nSPS) is 21.5. The Hall–Kier alpha value is -1.59. The summed E-state index contributed by atoms with van der Waals surface area (Å²) in [6.45, 7) is 0.321. The number of thiophene rings is 1. The number of fused-ring (bicyclic) bond motifs is 1. The van der Waals surface area contributed by atoms with Gasteiger partial charge in [-0.25, -0.2) is 9.86 Å². The van der Waals surface area contributed by atoms with E-state index in [1.807, 2.05) is 11.3 Å². The second kappa shape index (κ2) is 4.83. The van der Waals surface area contributed by atoms with Crippen molar-refractivity contribution in [3.63, 3.8) is 0 Å². The standard InChI is InChI=1S/C14H16N2O2S/c15-14(17)16(18)6-5-9-7-11(9)13-8-10-3-1-2-4-12(10)19-13/h1-4,8-9,11,18H,5-7H2,(H2,15,17). The molecule has 2 amide bonds. The van der Waals surface area contributed by atoms with Gasteiger partial charge in [-0.15, -0.1) is 11.3 Å². The summed E-state index contributed by atoms with van der Waals surface area (Å²) in [4.78, 5) is 12.1. The number of benzene rings is 1. The van der Waals surface area contributed by atoms with Crippen LogP contribution in [0.25, 0.3) is 10.1 Å². The second-order valence-corrected chi connectivity index (χ2v) is 6.15. The second-order valence-electron chi connectivity index (χ2n) is 5.04. The molecular weight excluding hydrogens is 260 g/mol. The summed E-state index contributed by atoms with van der Waals surface area (Å²) in [7, 11) is 0. The molecule has 0 spiro atoms. The highest BCUT2D eigenvalue weighted by Crippen LogP contribution is 2.52. The maximum Gasteiger partial charge on any atom is 0.338 e. The highest BCUT2D eigenvalue weighted by atomic mass is 32.1. The Bertz CT molecular complexity index is 577. The molecule has 5 heteroatoms. The van der Waals surface area contributed by atoms with Crippen molar-refractivity contribution in [1.82, 2.24) is 5.06 Å². The average Bonchev–Trinajstić information content (AvgIpc) is 3.05. The van der Waals surface area contributed by atoms with E-state index in [1.54, 1.807) is 0 Å². The SMILES string of the molecule is NC(=O)N(O)CCC1CC1c1cc2ccccc2s1. The zero-order chi connectivity index (χ0) is 13.4. The number of rotatable bonds is 4. The first-order chi connectivity index (χ1) is 9.15. The molecule has 0 radical (unpaired) electrons. The molecule has 100 valence electrons. The summed E-state index contributed by atoms with van der Waals surface area (Å²) in [6.07, 6.45) is 1.94. The van der Waals surface area contributed by atoms with Crippen LogP contribution in [0, 0.1) is 5.92 Å². The predicted molar refractivity (Wildman–Crippen MR) is 75.4 cm³/mol. The van der Waals surface area contributed by atoms with Gasteiger partial charge < -0.3 is 5.73 Å². The van der Waals surface area contributed by atoms with E-state index in [1.165, 1.54) is 15.0 Å². The van der Waals surface area contributed by atoms with Gasteiger partial charge in [-0.2, -0.15) is 0 Å². The number of primary amides is 1. The molecule has 2 atom stereocenters. The molecule has 1 aromatic carbocycles. The number of nitrogens with zero attached hydrogens (tertiary/aromatic N) is 1. The first kappa shape index (κ1) is 12.4. The van der Waals surface area contributed by atoms with Crippen molar-refractivity contribution < 1.29 is 10.0 Å². The number of hydrogen-bond acceptors (Lipinski definition) is 3. The van der Waals surface area contributed by atoms with Crippen molar-refractivity contribution in [3.8, 4) is 0 Å². The third-order valence-electron chi connectivity index (χ3n) is 3.70. The summed E-state index contributed by atoms with van der Waals surface area (Å²) in [6, 6.07) is 9.87. The molecule has 19 heavy (non-hydrogen) atoms. The van der Waals surface area contributed by atoms with Crippen LogP contribution in [0.4, 0.5) is 4.79 Å². The molecule has 1 heterocycles. The van der Waals surface area contributed by atoms with Crippen molar-refractivity contribution in [1.29, 1.82) is 0 Å². The van der Waals surface area contributed by atoms with E-state index in [4.69, 9.17) is 5.73 Å². The van der Waals surface area contributed by atoms with Crippen LogP contribution >= 0.6 is 11.3 Å². The van der Waals surface area contributed by atoms with Crippen molar-refractivity contribution in [2.45, 2.75) is 18.8 Å². The molecule has 1 aromatic heterocycles. The van der Waals surface area contributed by atoms with Crippen molar-refractivity contribution in [2.24, 2.45) is 11.7 Å². The molecule has 0 bridgehead atoms. The maximum absolute atomic E-state index is 10.7. The van der Waals surface area contributed by atoms with Crippen LogP contribution in [-0.4, -0.2) is 22.8 Å². The van der Waals surface area contributed by atoms with Crippen molar-refractivity contribution >= 4 is 27.5 Å². The van der Waals surface area contributed by atoms with E-state index in [2.05, 4.69) is 30.3 Å². The van der Waals surface area contributed by atoms with Crippen LogP contribution in [0.2, 0.25) is 0 Å². The zero-order valence-electron chi connectivity index (χ0n) is 10.5. The quantitative estimate of drug-likeness (QED) is 0.665. The van der Waals surface area contributed by atoms with Gasteiger partial charge in [-0.3, -0.25) is 5.21 Å². The molecule has 3 rings (SSSR count). The van der Waals surface area contributed by atoms with Crippen LogP contribution in [0.3, 0.4) is 0 Å². The van der Waals surface area contributed by atoms with Gasteiger partial charge in [-0.05, 0) is 42.2 Å². The average molecular weight is 276 g/mol. The molecule has 1 aliphatic rings. The fourth-order valence-corrected chi connectivity index (χ4v) is 3.77. The first-order valence-corrected chi connectivity index (χ1v) is 7.21. The van der Waals surface area contributed by atoms with Gasteiger partial charge in [0.2, 0.25) is 0 Å². The molecule has 3 N–H and O–H groups in total. The summed E-state index contributed by atoms with van der Waals surface area (Å²) in [5, 5.41) is 11.1. The van der Waals surface area contributed by atoms with Crippen molar-refractivity contribution in [3.05, 3.63) is 35.2 Å². The lowest BCUT2D eigenvalue weighted by atomic mass is 10.2. The summed E-state index contributed by atoms with van der Waals surface area (Å²) >= 11 is 1.84. The number of carbonyl (C=O) groups is 1. The van der Waals surface area contributed by atoms with Gasteiger partial charge in [0, 0.05) is 9.58 Å². The summed E-state index contributed by atoms with van der Waals surface area (Å²) in [5.74, 6) is 1.14. The molecule has 4 nitrogen and oxygen atoms in total. The number of carbonyl (C=O) groups excluding carboxylic acids is 1. The Labute approximate surface area is 115 Å². The molecule has 1 aliphatic carbocycles. The minimum Gasteiger partial charge on any atom is -0.350 e. The highest BCUT2D eigenvalue weighted by molar-refractivity contribution is 7.19. The third kappa shape index (κ3) is 2.57. The fraction of sp³-hybridized carbons (Fsp3) is 0.357. The van der Waals surface area contributed by atoms with Crippen LogP contribution in [0.5, 0.6) is 0 Å².